The second kappa shape index (κ2) is 4.99. The molecule has 0 amide bonds. The van der Waals surface area contributed by atoms with Crippen LogP contribution in [0, 0.1) is 23.2 Å². The lowest BCUT2D eigenvalue weighted by atomic mass is 9.91. The van der Waals surface area contributed by atoms with E-state index in [1.54, 1.807) is 17.7 Å². The number of imidazole rings is 1. The standard InChI is InChI=1S/C20H26F2N4O/c1-18(2,3)10-26-13-5-6-14(24-16(13)25(4)17(26)27)19-7-11-8-23-9-12(11)15(19)20(19,21)22/h5-6,11-12,15,23H,7-10H2,1-4H3. The fraction of sp³-hybridized carbons (Fsp3) is 0.700. The van der Waals surface area contributed by atoms with E-state index in [1.807, 2.05) is 6.07 Å². The summed E-state index contributed by atoms with van der Waals surface area (Å²) in [7, 11) is 1.67. The number of fused-ring (bicyclic) bond motifs is 4. The molecule has 5 rings (SSSR count). The van der Waals surface area contributed by atoms with E-state index in [0.717, 1.165) is 12.1 Å². The number of aromatic nitrogens is 3. The minimum Gasteiger partial charge on any atom is -0.316 e. The fourth-order valence-corrected chi connectivity index (χ4v) is 5.75. The molecule has 27 heavy (non-hydrogen) atoms. The molecule has 7 heteroatoms. The van der Waals surface area contributed by atoms with Gasteiger partial charge in [-0.05, 0) is 48.9 Å². The molecule has 2 aromatic heterocycles. The quantitative estimate of drug-likeness (QED) is 0.876. The van der Waals surface area contributed by atoms with E-state index < -0.39 is 17.3 Å². The van der Waals surface area contributed by atoms with E-state index in [2.05, 4.69) is 31.1 Å². The van der Waals surface area contributed by atoms with E-state index in [-0.39, 0.29) is 17.0 Å². The third-order valence-electron chi connectivity index (χ3n) is 6.91. The topological polar surface area (TPSA) is 51.9 Å². The Morgan fingerprint density at radius 2 is 2.04 bits per heavy atom. The average Bonchev–Trinajstić information content (AvgIpc) is 3.00. The molecule has 5 nitrogen and oxygen atoms in total. The number of rotatable bonds is 2. The first kappa shape index (κ1) is 17.3. The molecule has 0 spiro atoms. The van der Waals surface area contributed by atoms with Crippen molar-refractivity contribution in [2.45, 2.75) is 45.1 Å². The summed E-state index contributed by atoms with van der Waals surface area (Å²) in [4.78, 5) is 17.4. The van der Waals surface area contributed by atoms with Crippen LogP contribution in [0.15, 0.2) is 16.9 Å². The Morgan fingerprint density at radius 3 is 2.74 bits per heavy atom. The maximum absolute atomic E-state index is 14.9. The van der Waals surface area contributed by atoms with Gasteiger partial charge in [-0.15, -0.1) is 0 Å². The minimum absolute atomic E-state index is 0.0341. The summed E-state index contributed by atoms with van der Waals surface area (Å²) in [6, 6.07) is 3.56. The van der Waals surface area contributed by atoms with Crippen molar-refractivity contribution in [3.05, 3.63) is 28.3 Å². The molecular formula is C20H26F2N4O. The first-order valence-corrected chi connectivity index (χ1v) is 9.73. The van der Waals surface area contributed by atoms with Crippen LogP contribution in [0.2, 0.25) is 0 Å². The highest BCUT2D eigenvalue weighted by atomic mass is 19.3. The maximum atomic E-state index is 14.9. The Labute approximate surface area is 156 Å². The van der Waals surface area contributed by atoms with Crippen LogP contribution in [0.4, 0.5) is 8.78 Å². The highest BCUT2D eigenvalue weighted by Gasteiger charge is 2.87. The van der Waals surface area contributed by atoms with Crippen molar-refractivity contribution in [1.29, 1.82) is 0 Å². The van der Waals surface area contributed by atoms with Crippen LogP contribution >= 0.6 is 0 Å². The van der Waals surface area contributed by atoms with Gasteiger partial charge in [-0.3, -0.25) is 9.13 Å². The number of hydrogen-bond donors (Lipinski definition) is 1. The largest absolute Gasteiger partial charge is 0.330 e. The molecule has 146 valence electrons. The Morgan fingerprint density at radius 1 is 1.30 bits per heavy atom. The normalized spacial score (nSPS) is 34.1. The van der Waals surface area contributed by atoms with E-state index in [4.69, 9.17) is 0 Å². The van der Waals surface area contributed by atoms with E-state index >= 15 is 0 Å². The van der Waals surface area contributed by atoms with Gasteiger partial charge < -0.3 is 5.32 Å². The second-order valence-corrected chi connectivity index (χ2v) is 9.89. The number of nitrogens with one attached hydrogen (secondary N) is 1. The van der Waals surface area contributed by atoms with Crippen LogP contribution in [0.25, 0.3) is 11.2 Å². The molecule has 0 bridgehead atoms. The van der Waals surface area contributed by atoms with Crippen molar-refractivity contribution in [2.75, 3.05) is 13.1 Å². The summed E-state index contributed by atoms with van der Waals surface area (Å²) in [5.74, 6) is -2.98. The number of nitrogens with zero attached hydrogens (tertiary/aromatic N) is 3. The van der Waals surface area contributed by atoms with Crippen LogP contribution in [-0.4, -0.2) is 33.1 Å². The summed E-state index contributed by atoms with van der Waals surface area (Å²) < 4.78 is 33.0. The molecule has 4 unspecified atom stereocenters. The Hall–Kier alpha value is -1.76. The van der Waals surface area contributed by atoms with Gasteiger partial charge in [0.25, 0.3) is 5.92 Å². The van der Waals surface area contributed by atoms with Crippen molar-refractivity contribution < 1.29 is 8.78 Å². The molecule has 4 atom stereocenters. The van der Waals surface area contributed by atoms with Gasteiger partial charge in [-0.1, -0.05) is 20.8 Å². The number of halogens is 2. The summed E-state index contributed by atoms with van der Waals surface area (Å²) in [5.41, 5.74) is 0.336. The van der Waals surface area contributed by atoms with Crippen LogP contribution in [-0.2, 0) is 19.0 Å². The monoisotopic (exact) mass is 376 g/mol. The SMILES string of the molecule is Cn1c(=O)n(CC(C)(C)C)c2ccc(C34CC5CNCC5C3C4(F)F)nc21. The van der Waals surface area contributed by atoms with Gasteiger partial charge in [0.15, 0.2) is 5.65 Å². The van der Waals surface area contributed by atoms with E-state index in [9.17, 15) is 13.6 Å². The molecule has 1 N–H and O–H groups in total. The molecule has 0 radical (unpaired) electrons. The lowest BCUT2D eigenvalue weighted by Crippen LogP contribution is -2.27. The van der Waals surface area contributed by atoms with Crippen molar-refractivity contribution in [3.63, 3.8) is 0 Å². The van der Waals surface area contributed by atoms with E-state index in [0.29, 0.717) is 36.8 Å². The van der Waals surface area contributed by atoms with Crippen LogP contribution in [0.3, 0.4) is 0 Å². The molecule has 0 aromatic carbocycles. The van der Waals surface area contributed by atoms with Crippen molar-refractivity contribution >= 4 is 11.2 Å². The molecule has 2 saturated carbocycles. The van der Waals surface area contributed by atoms with Gasteiger partial charge in [-0.2, -0.15) is 0 Å². The highest BCUT2D eigenvalue weighted by Crippen LogP contribution is 2.77. The van der Waals surface area contributed by atoms with Crippen molar-refractivity contribution in [2.24, 2.45) is 30.2 Å². The van der Waals surface area contributed by atoms with Crippen LogP contribution in [0.5, 0.6) is 0 Å². The predicted molar refractivity (Wildman–Crippen MR) is 99.0 cm³/mol. The van der Waals surface area contributed by atoms with Crippen LogP contribution in [0.1, 0.15) is 32.9 Å². The van der Waals surface area contributed by atoms with Crippen LogP contribution < -0.4 is 11.0 Å². The summed E-state index contributed by atoms with van der Waals surface area (Å²) >= 11 is 0. The molecule has 1 aliphatic heterocycles. The third-order valence-corrected chi connectivity index (χ3v) is 6.91. The van der Waals surface area contributed by atoms with Crippen molar-refractivity contribution in [3.8, 4) is 0 Å². The fourth-order valence-electron chi connectivity index (χ4n) is 5.75. The van der Waals surface area contributed by atoms with Gasteiger partial charge >= 0.3 is 5.69 Å². The van der Waals surface area contributed by atoms with E-state index in [1.165, 1.54) is 4.57 Å². The Kier molecular flexibility index (Phi) is 3.20. The summed E-state index contributed by atoms with van der Waals surface area (Å²) in [6.45, 7) is 8.26. The van der Waals surface area contributed by atoms with Crippen molar-refractivity contribution in [1.82, 2.24) is 19.4 Å². The molecule has 3 heterocycles. The first-order valence-electron chi connectivity index (χ1n) is 9.73. The Bertz CT molecular complexity index is 1000. The highest BCUT2D eigenvalue weighted by molar-refractivity contribution is 5.72. The maximum Gasteiger partial charge on any atom is 0.330 e. The molecule has 2 aromatic rings. The van der Waals surface area contributed by atoms with Gasteiger partial charge in [-0.25, -0.2) is 18.6 Å². The van der Waals surface area contributed by atoms with Gasteiger partial charge in [0, 0.05) is 19.5 Å². The molecule has 3 fully saturated rings. The summed E-state index contributed by atoms with van der Waals surface area (Å²) in [5, 5.41) is 3.26. The zero-order chi connectivity index (χ0) is 19.4. The zero-order valence-corrected chi connectivity index (χ0v) is 16.2. The van der Waals surface area contributed by atoms with Gasteiger partial charge in [0.1, 0.15) is 0 Å². The number of hydrogen-bond acceptors (Lipinski definition) is 3. The number of aryl methyl sites for hydroxylation is 1. The van der Waals surface area contributed by atoms with Gasteiger partial charge in [0.05, 0.1) is 16.6 Å². The molecule has 1 saturated heterocycles. The number of alkyl halides is 2. The number of pyridine rings is 1. The minimum atomic E-state index is -2.70. The Balaban J connectivity index is 1.63. The zero-order valence-electron chi connectivity index (χ0n) is 16.2. The second-order valence-electron chi connectivity index (χ2n) is 9.89. The molecule has 2 aliphatic carbocycles. The molecular weight excluding hydrogens is 350 g/mol. The average molecular weight is 376 g/mol. The van der Waals surface area contributed by atoms with Gasteiger partial charge in [0.2, 0.25) is 0 Å². The third kappa shape index (κ3) is 2.06. The first-order chi connectivity index (χ1) is 12.6. The summed E-state index contributed by atoms with van der Waals surface area (Å²) in [6.07, 6.45) is 0.484. The molecule has 3 aliphatic rings. The lowest BCUT2D eigenvalue weighted by molar-refractivity contribution is 0.0449. The predicted octanol–water partition coefficient (Wildman–Crippen LogP) is 2.52. The smallest absolute Gasteiger partial charge is 0.316 e. The lowest BCUT2D eigenvalue weighted by Gasteiger charge is -2.19.